The number of piperidine rings is 1. The first-order chi connectivity index (χ1) is 19.2. The summed E-state index contributed by atoms with van der Waals surface area (Å²) in [6.45, 7) is 8.31. The molecule has 0 atom stereocenters. The molecule has 1 N–H and O–H groups in total. The molecule has 9 heteroatoms. The van der Waals surface area contributed by atoms with Crippen molar-refractivity contribution < 1.29 is 14.3 Å². The molecule has 0 spiro atoms. The Balaban J connectivity index is 0.00000387. The van der Waals surface area contributed by atoms with Gasteiger partial charge in [-0.1, -0.05) is 26.8 Å². The Morgan fingerprint density at radius 1 is 1.20 bits per heavy atom. The van der Waals surface area contributed by atoms with E-state index in [4.69, 9.17) is 20.4 Å². The topological polar surface area (TPSA) is 110 Å². The number of carbonyl (C=O) groups is 2. The van der Waals surface area contributed by atoms with Crippen LogP contribution in [0.5, 0.6) is 5.75 Å². The highest BCUT2D eigenvalue weighted by Crippen LogP contribution is 2.40. The quantitative estimate of drug-likeness (QED) is 0.255. The molecule has 1 aromatic heterocycles. The molecule has 218 valence electrons. The predicted octanol–water partition coefficient (Wildman–Crippen LogP) is 6.05. The molecule has 8 nitrogen and oxygen atoms in total. The number of Topliss-reactive ketones (excluding diaryl/α,β-unsaturated/α-hetero) is 1. The number of amides is 1. The van der Waals surface area contributed by atoms with Crippen molar-refractivity contribution in [2.75, 3.05) is 19.7 Å². The summed E-state index contributed by atoms with van der Waals surface area (Å²) in [5, 5.41) is 17.7. The summed E-state index contributed by atoms with van der Waals surface area (Å²) in [5.41, 5.74) is 4.70. The van der Waals surface area contributed by atoms with Gasteiger partial charge in [0.2, 0.25) is 5.91 Å². The molecule has 0 radical (unpaired) electrons. The number of nitriles is 1. The number of amidine groups is 1. The van der Waals surface area contributed by atoms with E-state index >= 15 is 0 Å². The average Bonchev–Trinajstić information content (AvgIpc) is 3.72. The summed E-state index contributed by atoms with van der Waals surface area (Å²) in [7, 11) is 0. The number of fused-ring (bicyclic) bond motifs is 1. The SMILES string of the molecule is Br.CC(C)(C)c1cc(C(=O)CN2Cc3ccc(C4CC4)nc3C2=N)cc(CN2CCCCC2=O)c1OCCCC#N. The molecule has 3 heterocycles. The highest BCUT2D eigenvalue weighted by molar-refractivity contribution is 8.93. The molecule has 0 unspecified atom stereocenters. The highest BCUT2D eigenvalue weighted by atomic mass is 79.9. The Bertz CT molecular complexity index is 1370. The number of benzene rings is 1. The van der Waals surface area contributed by atoms with Crippen LogP contribution in [-0.2, 0) is 23.3 Å². The summed E-state index contributed by atoms with van der Waals surface area (Å²) >= 11 is 0. The first kappa shape index (κ1) is 30.7. The lowest BCUT2D eigenvalue weighted by Gasteiger charge is -2.30. The standard InChI is InChI=1S/C32H39N5O3.BrH/c1-32(2,3)25-17-23(16-24(30(25)40-15-7-5-13-33)19-36-14-6-4-8-28(36)39)27(38)20-37-18-22-11-12-26(21-9-10-21)35-29(22)31(37)34;/h11-12,16-17,21,34H,4-10,14-15,18-20H2,1-3H3;1H. The number of ether oxygens (including phenoxy) is 1. The second kappa shape index (κ2) is 12.7. The number of nitrogens with one attached hydrogen (secondary N) is 1. The van der Waals surface area contributed by atoms with Gasteiger partial charge in [-0.2, -0.15) is 5.26 Å². The van der Waals surface area contributed by atoms with Crippen molar-refractivity contribution in [3.8, 4) is 11.8 Å². The Morgan fingerprint density at radius 2 is 1.98 bits per heavy atom. The Morgan fingerprint density at radius 3 is 2.66 bits per heavy atom. The van der Waals surface area contributed by atoms with Crippen molar-refractivity contribution in [2.45, 2.75) is 90.1 Å². The molecule has 2 aliphatic heterocycles. The molecule has 1 amide bonds. The van der Waals surface area contributed by atoms with Crippen LogP contribution in [0.3, 0.4) is 0 Å². The number of ketones is 1. The number of carbonyl (C=O) groups excluding carboxylic acids is 2. The summed E-state index contributed by atoms with van der Waals surface area (Å²) in [4.78, 5) is 34.9. The zero-order chi connectivity index (χ0) is 28.4. The summed E-state index contributed by atoms with van der Waals surface area (Å²) < 4.78 is 6.28. The van der Waals surface area contributed by atoms with Crippen LogP contribution >= 0.6 is 17.0 Å². The first-order valence-electron chi connectivity index (χ1n) is 14.5. The molecular formula is C32H40BrN5O3. The largest absolute Gasteiger partial charge is 0.493 e. The van der Waals surface area contributed by atoms with Crippen LogP contribution in [-0.4, -0.2) is 52.0 Å². The van der Waals surface area contributed by atoms with Gasteiger partial charge in [0.25, 0.3) is 0 Å². The Labute approximate surface area is 253 Å². The van der Waals surface area contributed by atoms with Crippen LogP contribution in [0.2, 0.25) is 0 Å². The fraction of sp³-hybridized carbons (Fsp3) is 0.531. The van der Waals surface area contributed by atoms with Gasteiger partial charge in [-0.15, -0.1) is 17.0 Å². The number of hydrogen-bond acceptors (Lipinski definition) is 6. The zero-order valence-electron chi connectivity index (χ0n) is 24.3. The second-order valence-electron chi connectivity index (χ2n) is 12.3. The molecule has 2 aromatic rings. The van der Waals surface area contributed by atoms with Gasteiger partial charge < -0.3 is 14.5 Å². The fourth-order valence-corrected chi connectivity index (χ4v) is 5.53. The maximum Gasteiger partial charge on any atom is 0.222 e. The van der Waals surface area contributed by atoms with Crippen molar-refractivity contribution in [3.63, 3.8) is 0 Å². The van der Waals surface area contributed by atoms with E-state index in [9.17, 15) is 9.59 Å². The smallest absolute Gasteiger partial charge is 0.222 e. The summed E-state index contributed by atoms with van der Waals surface area (Å²) in [5.74, 6) is 1.57. The van der Waals surface area contributed by atoms with Crippen LogP contribution in [0.4, 0.5) is 0 Å². The lowest BCUT2D eigenvalue weighted by atomic mass is 9.83. The average molecular weight is 623 g/mol. The van der Waals surface area contributed by atoms with Crippen LogP contribution in [0, 0.1) is 16.7 Å². The molecule has 1 saturated heterocycles. The van der Waals surface area contributed by atoms with E-state index in [1.54, 1.807) is 4.90 Å². The molecule has 41 heavy (non-hydrogen) atoms. The number of rotatable bonds is 10. The lowest BCUT2D eigenvalue weighted by molar-refractivity contribution is -0.133. The second-order valence-corrected chi connectivity index (χ2v) is 12.3. The van der Waals surface area contributed by atoms with Crippen molar-refractivity contribution in [1.82, 2.24) is 14.8 Å². The molecule has 2 fully saturated rings. The predicted molar refractivity (Wildman–Crippen MR) is 163 cm³/mol. The third kappa shape index (κ3) is 6.98. The molecule has 1 saturated carbocycles. The van der Waals surface area contributed by atoms with Crippen LogP contribution in [0.25, 0.3) is 0 Å². The number of hydrogen-bond donors (Lipinski definition) is 1. The Kier molecular flexibility index (Phi) is 9.53. The number of halogens is 1. The number of nitrogens with zero attached hydrogens (tertiary/aromatic N) is 4. The maximum absolute atomic E-state index is 13.8. The van der Waals surface area contributed by atoms with Crippen molar-refractivity contribution >= 4 is 34.5 Å². The van der Waals surface area contributed by atoms with Gasteiger partial charge in [0, 0.05) is 66.3 Å². The minimum atomic E-state index is -0.318. The van der Waals surface area contributed by atoms with E-state index in [-0.39, 0.29) is 40.6 Å². The highest BCUT2D eigenvalue weighted by Gasteiger charge is 2.32. The third-order valence-electron chi connectivity index (χ3n) is 7.99. The number of aromatic nitrogens is 1. The van der Waals surface area contributed by atoms with E-state index in [0.29, 0.717) is 74.3 Å². The summed E-state index contributed by atoms with van der Waals surface area (Å²) in [6, 6.07) is 10.1. The number of pyridine rings is 1. The minimum absolute atomic E-state index is 0. The van der Waals surface area contributed by atoms with Gasteiger partial charge in [-0.25, -0.2) is 4.98 Å². The summed E-state index contributed by atoms with van der Waals surface area (Å²) in [6.07, 6.45) is 5.72. The van der Waals surface area contributed by atoms with Crippen LogP contribution in [0.15, 0.2) is 24.3 Å². The van der Waals surface area contributed by atoms with Gasteiger partial charge in [0.15, 0.2) is 5.78 Å². The van der Waals surface area contributed by atoms with E-state index in [2.05, 4.69) is 39.0 Å². The van der Waals surface area contributed by atoms with Crippen molar-refractivity contribution in [3.05, 3.63) is 57.9 Å². The van der Waals surface area contributed by atoms with E-state index < -0.39 is 0 Å². The molecule has 1 aromatic carbocycles. The Hall–Kier alpha value is -3.25. The van der Waals surface area contributed by atoms with Crippen LogP contribution < -0.4 is 4.74 Å². The van der Waals surface area contributed by atoms with Crippen molar-refractivity contribution in [1.29, 1.82) is 10.7 Å². The van der Waals surface area contributed by atoms with Crippen LogP contribution in [0.1, 0.15) is 110 Å². The van der Waals surface area contributed by atoms with E-state index in [0.717, 1.165) is 48.1 Å². The molecular weight excluding hydrogens is 582 g/mol. The molecule has 3 aliphatic rings. The molecule has 0 bridgehead atoms. The molecule has 5 rings (SSSR count). The third-order valence-corrected chi connectivity index (χ3v) is 7.99. The van der Waals surface area contributed by atoms with Gasteiger partial charge in [-0.05, 0) is 55.7 Å². The van der Waals surface area contributed by atoms with Gasteiger partial charge in [-0.3, -0.25) is 15.0 Å². The first-order valence-corrected chi connectivity index (χ1v) is 14.5. The number of likely N-dealkylation sites (tertiary alicyclic amines) is 1. The van der Waals surface area contributed by atoms with Crippen molar-refractivity contribution in [2.24, 2.45) is 0 Å². The van der Waals surface area contributed by atoms with Gasteiger partial charge in [0.05, 0.1) is 19.2 Å². The van der Waals surface area contributed by atoms with E-state index in [1.165, 1.54) is 0 Å². The molecule has 1 aliphatic carbocycles. The van der Waals surface area contributed by atoms with Gasteiger partial charge in [0.1, 0.15) is 17.3 Å². The zero-order valence-corrected chi connectivity index (χ0v) is 26.0. The lowest BCUT2D eigenvalue weighted by Crippen LogP contribution is -2.35. The number of unbranched alkanes of at least 4 members (excludes halogenated alkanes) is 1. The monoisotopic (exact) mass is 621 g/mol. The normalized spacial score (nSPS) is 16.7. The van der Waals surface area contributed by atoms with Gasteiger partial charge >= 0.3 is 0 Å². The minimum Gasteiger partial charge on any atom is -0.493 e. The van der Waals surface area contributed by atoms with E-state index in [1.807, 2.05) is 17.0 Å². The fourth-order valence-electron chi connectivity index (χ4n) is 5.53. The maximum atomic E-state index is 13.8.